The maximum atomic E-state index is 13.3. The van der Waals surface area contributed by atoms with Crippen molar-refractivity contribution >= 4 is 5.91 Å². The molecule has 2 heteroatoms. The summed E-state index contributed by atoms with van der Waals surface area (Å²) in [5, 5.41) is 3.42. The van der Waals surface area contributed by atoms with Gasteiger partial charge in [0.05, 0.1) is 6.04 Å². The summed E-state index contributed by atoms with van der Waals surface area (Å²) in [6, 6.07) is 7.04. The Hall–Kier alpha value is -1.31. The van der Waals surface area contributed by atoms with E-state index in [2.05, 4.69) is 30.4 Å². The maximum Gasteiger partial charge on any atom is 0.226 e. The summed E-state index contributed by atoms with van der Waals surface area (Å²) in [7, 11) is 0. The van der Waals surface area contributed by atoms with Crippen LogP contribution >= 0.6 is 0 Å². The lowest BCUT2D eigenvalue weighted by molar-refractivity contribution is -0.147. The lowest BCUT2D eigenvalue weighted by Crippen LogP contribution is -2.53. The molecule has 2 nitrogen and oxygen atoms in total. The Bertz CT molecular complexity index is 656. The fraction of sp³-hybridized carbons (Fsp3) is 0.696. The van der Waals surface area contributed by atoms with Crippen LogP contribution in [0.1, 0.15) is 81.0 Å². The van der Waals surface area contributed by atoms with Crippen molar-refractivity contribution in [2.45, 2.75) is 77.2 Å². The molecule has 0 heterocycles. The second-order valence-electron chi connectivity index (χ2n) is 9.63. The van der Waals surface area contributed by atoms with Crippen LogP contribution in [0.25, 0.3) is 0 Å². The van der Waals surface area contributed by atoms with Crippen molar-refractivity contribution in [1.82, 2.24) is 5.32 Å². The van der Waals surface area contributed by atoms with Crippen molar-refractivity contribution in [2.24, 2.45) is 23.2 Å². The van der Waals surface area contributed by atoms with Crippen LogP contribution in [0.5, 0.6) is 0 Å². The number of amides is 1. The van der Waals surface area contributed by atoms with Gasteiger partial charge in [-0.3, -0.25) is 4.79 Å². The monoisotopic (exact) mass is 337 g/mol. The predicted molar refractivity (Wildman–Crippen MR) is 100 cm³/mol. The van der Waals surface area contributed by atoms with Gasteiger partial charge in [-0.25, -0.2) is 0 Å². The van der Waals surface area contributed by atoms with E-state index in [-0.39, 0.29) is 11.5 Å². The van der Waals surface area contributed by atoms with Gasteiger partial charge in [-0.05, 0) is 106 Å². The summed E-state index contributed by atoms with van der Waals surface area (Å²) in [6.07, 6.45) is 12.7. The van der Waals surface area contributed by atoms with Gasteiger partial charge < -0.3 is 5.32 Å². The number of benzene rings is 1. The molecule has 0 radical (unpaired) electrons. The average molecular weight is 338 g/mol. The first-order valence-electron chi connectivity index (χ1n) is 10.5. The average Bonchev–Trinajstić information content (AvgIpc) is 2.60. The molecule has 0 aliphatic heterocycles. The normalized spacial score (nSPS) is 36.8. The molecule has 1 aromatic rings. The Morgan fingerprint density at radius 3 is 2.24 bits per heavy atom. The fourth-order valence-corrected chi connectivity index (χ4v) is 6.84. The third-order valence-electron chi connectivity index (χ3n) is 7.74. The smallest absolute Gasteiger partial charge is 0.226 e. The molecule has 25 heavy (non-hydrogen) atoms. The Kier molecular flexibility index (Phi) is 3.73. The van der Waals surface area contributed by atoms with Crippen LogP contribution in [0.2, 0.25) is 0 Å². The van der Waals surface area contributed by atoms with Crippen LogP contribution in [0.15, 0.2) is 18.2 Å². The highest BCUT2D eigenvalue weighted by molar-refractivity contribution is 5.83. The predicted octanol–water partition coefficient (Wildman–Crippen LogP) is 4.96. The number of carbonyl (C=O) groups excluding carboxylic acids is 1. The molecule has 0 aromatic heterocycles. The second kappa shape index (κ2) is 5.86. The zero-order valence-electron chi connectivity index (χ0n) is 15.5. The molecule has 1 N–H and O–H groups in total. The van der Waals surface area contributed by atoms with E-state index in [1.54, 1.807) is 0 Å². The molecule has 1 atom stereocenters. The van der Waals surface area contributed by atoms with Gasteiger partial charge >= 0.3 is 0 Å². The summed E-state index contributed by atoms with van der Waals surface area (Å²) in [6.45, 7) is 2.17. The van der Waals surface area contributed by atoms with Crippen LogP contribution in [0, 0.1) is 23.2 Å². The zero-order chi connectivity index (χ0) is 17.0. The van der Waals surface area contributed by atoms with E-state index in [0.717, 1.165) is 37.0 Å². The molecular weight excluding hydrogens is 306 g/mol. The Labute approximate surface area is 151 Å². The molecule has 5 aliphatic carbocycles. The van der Waals surface area contributed by atoms with Gasteiger partial charge in [0.1, 0.15) is 0 Å². The van der Waals surface area contributed by atoms with Gasteiger partial charge in [-0.1, -0.05) is 18.2 Å². The number of nitrogens with one attached hydrogen (secondary N) is 1. The van der Waals surface area contributed by atoms with Crippen molar-refractivity contribution in [3.8, 4) is 0 Å². The molecular formula is C23H31NO. The summed E-state index contributed by atoms with van der Waals surface area (Å²) < 4.78 is 0. The SMILES string of the molecule is CC(NC(=O)C12CC3CC(CC(C3)C1)C2)c1ccc2c(c1)CCCC2. The van der Waals surface area contributed by atoms with Gasteiger partial charge in [0.2, 0.25) is 5.91 Å². The van der Waals surface area contributed by atoms with Crippen LogP contribution < -0.4 is 5.32 Å². The Morgan fingerprint density at radius 2 is 1.60 bits per heavy atom. The second-order valence-corrected chi connectivity index (χ2v) is 9.63. The molecule has 0 saturated heterocycles. The first-order chi connectivity index (χ1) is 12.1. The minimum atomic E-state index is -0.0305. The maximum absolute atomic E-state index is 13.3. The molecule has 6 rings (SSSR count). The Balaban J connectivity index is 1.32. The van der Waals surface area contributed by atoms with Gasteiger partial charge in [-0.15, -0.1) is 0 Å². The Morgan fingerprint density at radius 1 is 1.00 bits per heavy atom. The largest absolute Gasteiger partial charge is 0.349 e. The first-order valence-corrected chi connectivity index (χ1v) is 10.5. The van der Waals surface area contributed by atoms with Crippen molar-refractivity contribution in [1.29, 1.82) is 0 Å². The summed E-state index contributed by atoms with van der Waals surface area (Å²) in [5.74, 6) is 2.85. The number of fused-ring (bicyclic) bond motifs is 1. The molecule has 4 fully saturated rings. The van der Waals surface area contributed by atoms with Crippen LogP contribution in [0.3, 0.4) is 0 Å². The van der Waals surface area contributed by atoms with Crippen LogP contribution in [0.4, 0.5) is 0 Å². The van der Waals surface area contributed by atoms with E-state index in [4.69, 9.17) is 0 Å². The van der Waals surface area contributed by atoms with Crippen LogP contribution in [-0.2, 0) is 17.6 Å². The summed E-state index contributed by atoms with van der Waals surface area (Å²) >= 11 is 0. The third kappa shape index (κ3) is 2.73. The highest BCUT2D eigenvalue weighted by atomic mass is 16.2. The quantitative estimate of drug-likeness (QED) is 0.830. The number of hydrogen-bond acceptors (Lipinski definition) is 1. The number of hydrogen-bond donors (Lipinski definition) is 1. The van der Waals surface area contributed by atoms with Gasteiger partial charge in [0, 0.05) is 5.41 Å². The molecule has 0 spiro atoms. The molecule has 1 unspecified atom stereocenters. The highest BCUT2D eigenvalue weighted by Crippen LogP contribution is 2.60. The molecule has 5 aliphatic rings. The number of rotatable bonds is 3. The minimum absolute atomic E-state index is 0.0305. The third-order valence-corrected chi connectivity index (χ3v) is 7.74. The van der Waals surface area contributed by atoms with Gasteiger partial charge in [0.25, 0.3) is 0 Å². The topological polar surface area (TPSA) is 29.1 Å². The van der Waals surface area contributed by atoms with Gasteiger partial charge in [-0.2, -0.15) is 0 Å². The first kappa shape index (κ1) is 15.9. The van der Waals surface area contributed by atoms with Crippen molar-refractivity contribution in [3.63, 3.8) is 0 Å². The van der Waals surface area contributed by atoms with Crippen molar-refractivity contribution in [2.75, 3.05) is 0 Å². The molecule has 134 valence electrons. The fourth-order valence-electron chi connectivity index (χ4n) is 6.84. The van der Waals surface area contributed by atoms with E-state index in [0.29, 0.717) is 5.91 Å². The van der Waals surface area contributed by atoms with E-state index >= 15 is 0 Å². The molecule has 1 amide bonds. The lowest BCUT2D eigenvalue weighted by Gasteiger charge is -2.55. The summed E-state index contributed by atoms with van der Waals surface area (Å²) in [5.41, 5.74) is 4.30. The van der Waals surface area contributed by atoms with Crippen molar-refractivity contribution in [3.05, 3.63) is 34.9 Å². The van der Waals surface area contributed by atoms with Gasteiger partial charge in [0.15, 0.2) is 0 Å². The standard InChI is InChI=1S/C23H31NO/c1-15(20-7-6-19-4-2-3-5-21(19)11-20)24-22(25)23-12-16-8-17(13-23)10-18(9-16)14-23/h6-7,11,15-18H,2-5,8-10,12-14H2,1H3,(H,24,25). The lowest BCUT2D eigenvalue weighted by atomic mass is 9.49. The van der Waals surface area contributed by atoms with Crippen molar-refractivity contribution < 1.29 is 4.79 Å². The van der Waals surface area contributed by atoms with E-state index < -0.39 is 0 Å². The molecule has 1 aromatic carbocycles. The van der Waals surface area contributed by atoms with E-state index in [9.17, 15) is 4.79 Å². The number of aryl methyl sites for hydroxylation is 2. The zero-order valence-corrected chi connectivity index (χ0v) is 15.5. The molecule has 4 bridgehead atoms. The summed E-state index contributed by atoms with van der Waals surface area (Å²) in [4.78, 5) is 13.3. The highest BCUT2D eigenvalue weighted by Gasteiger charge is 2.54. The minimum Gasteiger partial charge on any atom is -0.349 e. The number of carbonyl (C=O) groups is 1. The molecule has 4 saturated carbocycles. The van der Waals surface area contributed by atoms with E-state index in [1.165, 1.54) is 61.6 Å². The van der Waals surface area contributed by atoms with E-state index in [1.807, 2.05) is 0 Å². The van der Waals surface area contributed by atoms with Crippen LogP contribution in [-0.4, -0.2) is 5.91 Å².